The molecule has 0 spiro atoms. The number of pyridine rings is 1. The zero-order valence-electron chi connectivity index (χ0n) is 15.3. The average molecular weight is 530 g/mol. The van der Waals surface area contributed by atoms with Crippen molar-refractivity contribution in [2.24, 2.45) is 0 Å². The third-order valence-electron chi connectivity index (χ3n) is 4.15. The second-order valence-corrected chi connectivity index (χ2v) is 7.76. The summed E-state index contributed by atoms with van der Waals surface area (Å²) in [7, 11) is 0. The van der Waals surface area contributed by atoms with Crippen LogP contribution in [0.25, 0.3) is 10.9 Å². The predicted octanol–water partition coefficient (Wildman–Crippen LogP) is 4.68. The van der Waals surface area contributed by atoms with Gasteiger partial charge in [0.1, 0.15) is 17.5 Å². The summed E-state index contributed by atoms with van der Waals surface area (Å²) in [5, 5.41) is 0.890. The van der Waals surface area contributed by atoms with Crippen molar-refractivity contribution in [1.29, 1.82) is 0 Å². The standard InChI is InChI=1S/C20H14Br2N6O2/c21-13-6-2-1-4-12(13)19(29)28-27-18-16(23)20(26-10-25-18)30-15-8-7-14(22)11-5-3-9-24-17(11)15/h1-10H,23H2,(H,28,29)(H,25,26,27). The van der Waals surface area contributed by atoms with Gasteiger partial charge in [0.05, 0.1) is 5.56 Å². The largest absolute Gasteiger partial charge is 0.435 e. The molecule has 2 heterocycles. The van der Waals surface area contributed by atoms with Crippen LogP contribution in [0.4, 0.5) is 11.5 Å². The van der Waals surface area contributed by atoms with E-state index in [4.69, 9.17) is 10.5 Å². The van der Waals surface area contributed by atoms with Crippen LogP contribution in [-0.2, 0) is 0 Å². The molecule has 1 amide bonds. The number of ether oxygens (including phenoxy) is 1. The van der Waals surface area contributed by atoms with Gasteiger partial charge in [-0.3, -0.25) is 20.6 Å². The number of hydrogen-bond acceptors (Lipinski definition) is 7. The highest BCUT2D eigenvalue weighted by Crippen LogP contribution is 2.35. The van der Waals surface area contributed by atoms with Crippen LogP contribution < -0.4 is 21.3 Å². The minimum absolute atomic E-state index is 0.136. The number of halogens is 2. The van der Waals surface area contributed by atoms with Gasteiger partial charge in [-0.1, -0.05) is 34.1 Å². The fourth-order valence-electron chi connectivity index (χ4n) is 2.69. The molecule has 8 nitrogen and oxygen atoms in total. The van der Waals surface area contributed by atoms with Gasteiger partial charge in [-0.2, -0.15) is 4.98 Å². The van der Waals surface area contributed by atoms with E-state index < -0.39 is 0 Å². The molecular formula is C20H14Br2N6O2. The van der Waals surface area contributed by atoms with E-state index in [-0.39, 0.29) is 23.3 Å². The lowest BCUT2D eigenvalue weighted by Gasteiger charge is -2.13. The van der Waals surface area contributed by atoms with Gasteiger partial charge in [0.25, 0.3) is 5.91 Å². The highest BCUT2D eigenvalue weighted by molar-refractivity contribution is 9.11. The Balaban J connectivity index is 1.56. The summed E-state index contributed by atoms with van der Waals surface area (Å²) in [4.78, 5) is 24.9. The Morgan fingerprint density at radius 3 is 2.63 bits per heavy atom. The van der Waals surface area contributed by atoms with E-state index in [1.807, 2.05) is 24.3 Å². The molecule has 0 aliphatic rings. The summed E-state index contributed by atoms with van der Waals surface area (Å²) in [5.41, 5.74) is 12.7. The predicted molar refractivity (Wildman–Crippen MR) is 121 cm³/mol. The lowest BCUT2D eigenvalue weighted by molar-refractivity contribution is 0.0961. The van der Waals surface area contributed by atoms with E-state index in [1.165, 1.54) is 6.33 Å². The Morgan fingerprint density at radius 2 is 1.80 bits per heavy atom. The van der Waals surface area contributed by atoms with Crippen LogP contribution in [0.3, 0.4) is 0 Å². The molecule has 0 aliphatic heterocycles. The van der Waals surface area contributed by atoms with Crippen molar-refractivity contribution < 1.29 is 9.53 Å². The molecule has 2 aromatic carbocycles. The number of hydrazine groups is 1. The molecule has 0 saturated carbocycles. The van der Waals surface area contributed by atoms with Crippen LogP contribution in [0.2, 0.25) is 0 Å². The summed E-state index contributed by atoms with van der Waals surface area (Å²) >= 11 is 6.84. The van der Waals surface area contributed by atoms with Gasteiger partial charge >= 0.3 is 0 Å². The van der Waals surface area contributed by atoms with E-state index in [0.29, 0.717) is 21.3 Å². The molecule has 0 saturated heterocycles. The second-order valence-electron chi connectivity index (χ2n) is 6.05. The molecule has 0 aliphatic carbocycles. The summed E-state index contributed by atoms with van der Waals surface area (Å²) in [6, 6.07) is 14.4. The molecule has 0 atom stereocenters. The van der Waals surface area contributed by atoms with Crippen molar-refractivity contribution in [2.75, 3.05) is 11.2 Å². The van der Waals surface area contributed by atoms with Gasteiger partial charge < -0.3 is 10.5 Å². The fourth-order valence-corrected chi connectivity index (χ4v) is 3.60. The van der Waals surface area contributed by atoms with Crippen LogP contribution in [0.15, 0.2) is 70.0 Å². The number of amides is 1. The zero-order chi connectivity index (χ0) is 21.1. The Morgan fingerprint density at radius 1 is 0.967 bits per heavy atom. The quantitative estimate of drug-likeness (QED) is 0.321. The summed E-state index contributed by atoms with van der Waals surface area (Å²) in [6.07, 6.45) is 2.96. The van der Waals surface area contributed by atoms with E-state index in [9.17, 15) is 4.79 Å². The second kappa shape index (κ2) is 8.64. The first kappa shape index (κ1) is 20.0. The molecule has 150 valence electrons. The van der Waals surface area contributed by atoms with Crippen LogP contribution in [0.1, 0.15) is 10.4 Å². The van der Waals surface area contributed by atoms with Crippen molar-refractivity contribution in [2.45, 2.75) is 0 Å². The number of carbonyl (C=O) groups excluding carboxylic acids is 1. The van der Waals surface area contributed by atoms with E-state index in [2.05, 4.69) is 57.7 Å². The van der Waals surface area contributed by atoms with Crippen molar-refractivity contribution in [3.05, 3.63) is 75.6 Å². The fraction of sp³-hybridized carbons (Fsp3) is 0. The maximum atomic E-state index is 12.4. The first-order valence-electron chi connectivity index (χ1n) is 8.67. The van der Waals surface area contributed by atoms with Crippen LogP contribution >= 0.6 is 31.9 Å². The van der Waals surface area contributed by atoms with Crippen molar-refractivity contribution in [3.63, 3.8) is 0 Å². The highest BCUT2D eigenvalue weighted by atomic mass is 79.9. The van der Waals surface area contributed by atoms with Gasteiger partial charge in [0.2, 0.25) is 5.88 Å². The lowest BCUT2D eigenvalue weighted by Crippen LogP contribution is -2.30. The Labute approximate surface area is 188 Å². The number of anilines is 2. The molecule has 2 aromatic heterocycles. The number of nitrogens with one attached hydrogen (secondary N) is 2. The van der Waals surface area contributed by atoms with Gasteiger partial charge in [0.15, 0.2) is 11.6 Å². The Bertz CT molecular complexity index is 1250. The number of nitrogen functional groups attached to an aromatic ring is 1. The van der Waals surface area contributed by atoms with E-state index >= 15 is 0 Å². The van der Waals surface area contributed by atoms with Crippen LogP contribution in [0.5, 0.6) is 11.6 Å². The summed E-state index contributed by atoms with van der Waals surface area (Å²) in [6.45, 7) is 0. The molecule has 4 rings (SSSR count). The van der Waals surface area contributed by atoms with Crippen LogP contribution in [0, 0.1) is 0 Å². The Hall–Kier alpha value is -3.24. The minimum Gasteiger partial charge on any atom is -0.435 e. The molecule has 10 heteroatoms. The number of rotatable bonds is 5. The first-order chi connectivity index (χ1) is 14.5. The third-order valence-corrected chi connectivity index (χ3v) is 5.53. The van der Waals surface area contributed by atoms with E-state index in [1.54, 1.807) is 30.5 Å². The minimum atomic E-state index is -0.356. The van der Waals surface area contributed by atoms with Gasteiger partial charge in [0, 0.05) is 20.5 Å². The zero-order valence-corrected chi connectivity index (χ0v) is 18.4. The normalized spacial score (nSPS) is 10.6. The Kier molecular flexibility index (Phi) is 5.77. The number of hydrogen-bond donors (Lipinski definition) is 3. The summed E-state index contributed by atoms with van der Waals surface area (Å²) < 4.78 is 7.47. The molecule has 0 bridgehead atoms. The molecule has 0 radical (unpaired) electrons. The topological polar surface area (TPSA) is 115 Å². The molecule has 4 N–H and O–H groups in total. The highest BCUT2D eigenvalue weighted by Gasteiger charge is 2.15. The number of nitrogens with zero attached hydrogens (tertiary/aromatic N) is 3. The van der Waals surface area contributed by atoms with Crippen molar-refractivity contribution >= 4 is 60.2 Å². The van der Waals surface area contributed by atoms with Crippen molar-refractivity contribution in [3.8, 4) is 11.6 Å². The van der Waals surface area contributed by atoms with Crippen molar-refractivity contribution in [1.82, 2.24) is 20.4 Å². The number of carbonyl (C=O) groups is 1. The maximum absolute atomic E-state index is 12.4. The first-order valence-corrected chi connectivity index (χ1v) is 10.3. The molecule has 4 aromatic rings. The van der Waals surface area contributed by atoms with Gasteiger partial charge in [-0.05, 0) is 46.3 Å². The monoisotopic (exact) mass is 528 g/mol. The van der Waals surface area contributed by atoms with E-state index in [0.717, 1.165) is 9.86 Å². The number of aromatic nitrogens is 3. The number of benzene rings is 2. The number of fused-ring (bicyclic) bond motifs is 1. The van der Waals surface area contributed by atoms with Gasteiger partial charge in [-0.15, -0.1) is 0 Å². The average Bonchev–Trinajstić information content (AvgIpc) is 2.76. The smallest absolute Gasteiger partial charge is 0.270 e. The molecule has 0 unspecified atom stereocenters. The SMILES string of the molecule is Nc1c(NNC(=O)c2ccccc2Br)ncnc1Oc1ccc(Br)c2cccnc12. The molecule has 0 fully saturated rings. The number of nitrogens with two attached hydrogens (primary N) is 1. The molecule has 30 heavy (non-hydrogen) atoms. The lowest BCUT2D eigenvalue weighted by atomic mass is 10.2. The molecular weight excluding hydrogens is 516 g/mol. The van der Waals surface area contributed by atoms with Crippen LogP contribution in [-0.4, -0.2) is 20.9 Å². The third kappa shape index (κ3) is 4.05. The summed E-state index contributed by atoms with van der Waals surface area (Å²) in [5.74, 6) is 0.472. The van der Waals surface area contributed by atoms with Gasteiger partial charge in [-0.25, -0.2) is 4.98 Å². The maximum Gasteiger partial charge on any atom is 0.270 e.